The first-order chi connectivity index (χ1) is 12.5. The number of aromatic nitrogens is 1. The van der Waals surface area contributed by atoms with Crippen LogP contribution in [0.15, 0.2) is 30.3 Å². The summed E-state index contributed by atoms with van der Waals surface area (Å²) in [4.78, 5) is 51.5. The molecule has 0 radical (unpaired) electrons. The topological polar surface area (TPSA) is 120 Å². The van der Waals surface area contributed by atoms with E-state index in [2.05, 4.69) is 10.3 Å². The molecule has 8 heteroatoms. The molecular formula is C18H19N3O5. The van der Waals surface area contributed by atoms with Crippen LogP contribution >= 0.6 is 0 Å². The number of aldehydes is 1. The Balaban J connectivity index is 1.74. The van der Waals surface area contributed by atoms with Gasteiger partial charge in [-0.2, -0.15) is 0 Å². The van der Waals surface area contributed by atoms with Gasteiger partial charge in [0.05, 0.1) is 12.5 Å². The van der Waals surface area contributed by atoms with Gasteiger partial charge < -0.3 is 25.1 Å². The Labute approximate surface area is 149 Å². The molecule has 1 aliphatic heterocycles. The van der Waals surface area contributed by atoms with E-state index in [-0.39, 0.29) is 5.91 Å². The van der Waals surface area contributed by atoms with Crippen molar-refractivity contribution in [3.8, 4) is 0 Å². The third-order valence-electron chi connectivity index (χ3n) is 4.46. The highest BCUT2D eigenvalue weighted by atomic mass is 16.4. The zero-order valence-corrected chi connectivity index (χ0v) is 14.0. The maximum absolute atomic E-state index is 12.8. The lowest BCUT2D eigenvalue weighted by molar-refractivity contribution is -0.139. The first kappa shape index (κ1) is 17.7. The Morgan fingerprint density at radius 1 is 1.35 bits per heavy atom. The summed E-state index contributed by atoms with van der Waals surface area (Å²) in [7, 11) is 0. The molecule has 0 aliphatic carbocycles. The minimum atomic E-state index is -1.18. The van der Waals surface area contributed by atoms with Gasteiger partial charge in [-0.1, -0.05) is 18.2 Å². The van der Waals surface area contributed by atoms with Gasteiger partial charge >= 0.3 is 5.97 Å². The molecule has 1 aliphatic rings. The quantitative estimate of drug-likeness (QED) is 0.665. The molecule has 1 aromatic heterocycles. The summed E-state index contributed by atoms with van der Waals surface area (Å²) in [5.41, 5.74) is 1.22. The molecule has 3 rings (SSSR count). The van der Waals surface area contributed by atoms with Crippen molar-refractivity contribution >= 4 is 35.0 Å². The molecule has 3 N–H and O–H groups in total. The number of rotatable bonds is 6. The normalized spacial score (nSPS) is 17.8. The van der Waals surface area contributed by atoms with Crippen LogP contribution in [0, 0.1) is 0 Å². The number of aliphatic carboxylic acids is 1. The van der Waals surface area contributed by atoms with Gasteiger partial charge in [0.1, 0.15) is 18.0 Å². The fraction of sp³-hybridized carbons (Fsp3) is 0.333. The number of amides is 2. The monoisotopic (exact) mass is 357 g/mol. The molecule has 2 amide bonds. The van der Waals surface area contributed by atoms with E-state index < -0.39 is 30.4 Å². The van der Waals surface area contributed by atoms with E-state index in [0.717, 1.165) is 10.9 Å². The third kappa shape index (κ3) is 3.58. The zero-order chi connectivity index (χ0) is 18.7. The number of nitrogens with one attached hydrogen (secondary N) is 2. The third-order valence-corrected chi connectivity index (χ3v) is 4.46. The number of carboxylic acid groups (broad SMARTS) is 1. The van der Waals surface area contributed by atoms with E-state index in [9.17, 15) is 19.2 Å². The number of para-hydroxylation sites is 1. The molecule has 8 nitrogen and oxygen atoms in total. The maximum atomic E-state index is 12.8. The largest absolute Gasteiger partial charge is 0.481 e. The molecule has 0 bridgehead atoms. The maximum Gasteiger partial charge on any atom is 0.305 e. The summed E-state index contributed by atoms with van der Waals surface area (Å²) in [6, 6.07) is 7.40. The Morgan fingerprint density at radius 2 is 2.12 bits per heavy atom. The van der Waals surface area contributed by atoms with E-state index in [1.165, 1.54) is 4.90 Å². The fourth-order valence-corrected chi connectivity index (χ4v) is 3.23. The number of carbonyl (C=O) groups is 4. The molecule has 1 saturated heterocycles. The van der Waals surface area contributed by atoms with E-state index in [0.29, 0.717) is 31.4 Å². The van der Waals surface area contributed by atoms with Crippen LogP contribution in [0.2, 0.25) is 0 Å². The second kappa shape index (κ2) is 7.38. The predicted octanol–water partition coefficient (Wildman–Crippen LogP) is 0.931. The van der Waals surface area contributed by atoms with Crippen LogP contribution in [-0.4, -0.2) is 57.7 Å². The minimum Gasteiger partial charge on any atom is -0.481 e. The van der Waals surface area contributed by atoms with Crippen LogP contribution < -0.4 is 5.32 Å². The lowest BCUT2D eigenvalue weighted by atomic mass is 10.1. The highest BCUT2D eigenvalue weighted by molar-refractivity contribution is 6.00. The van der Waals surface area contributed by atoms with Crippen molar-refractivity contribution in [3.63, 3.8) is 0 Å². The van der Waals surface area contributed by atoms with E-state index >= 15 is 0 Å². The van der Waals surface area contributed by atoms with Crippen molar-refractivity contribution in [2.45, 2.75) is 31.3 Å². The average molecular weight is 357 g/mol. The van der Waals surface area contributed by atoms with Crippen molar-refractivity contribution in [3.05, 3.63) is 36.0 Å². The summed E-state index contributed by atoms with van der Waals surface area (Å²) in [5.74, 6) is -1.98. The second-order valence-corrected chi connectivity index (χ2v) is 6.28. The Kier molecular flexibility index (Phi) is 5.01. The number of carboxylic acids is 1. The molecule has 136 valence electrons. The molecule has 2 heterocycles. The number of fused-ring (bicyclic) bond motifs is 1. The SMILES string of the molecule is O=CC(CC(=O)O)NC(=O)C1CCCN1C(=O)c1cc2ccccc2[nH]1. The van der Waals surface area contributed by atoms with Crippen molar-refractivity contribution in [1.82, 2.24) is 15.2 Å². The van der Waals surface area contributed by atoms with Crippen molar-refractivity contribution < 1.29 is 24.3 Å². The van der Waals surface area contributed by atoms with E-state index in [1.807, 2.05) is 24.3 Å². The van der Waals surface area contributed by atoms with Crippen molar-refractivity contribution in [2.75, 3.05) is 6.54 Å². The molecule has 0 spiro atoms. The van der Waals surface area contributed by atoms with Crippen LogP contribution in [0.25, 0.3) is 10.9 Å². The number of aromatic amines is 1. The summed E-state index contributed by atoms with van der Waals surface area (Å²) < 4.78 is 0. The summed E-state index contributed by atoms with van der Waals surface area (Å²) in [5, 5.41) is 12.1. The smallest absolute Gasteiger partial charge is 0.305 e. The summed E-state index contributed by atoms with van der Waals surface area (Å²) >= 11 is 0. The van der Waals surface area contributed by atoms with Gasteiger partial charge in [-0.15, -0.1) is 0 Å². The first-order valence-corrected chi connectivity index (χ1v) is 8.36. The second-order valence-electron chi connectivity index (χ2n) is 6.28. The molecule has 2 atom stereocenters. The van der Waals surface area contributed by atoms with Gasteiger partial charge in [-0.25, -0.2) is 0 Å². The highest BCUT2D eigenvalue weighted by Gasteiger charge is 2.36. The molecule has 2 unspecified atom stereocenters. The van der Waals surface area contributed by atoms with Gasteiger partial charge in [0.15, 0.2) is 0 Å². The van der Waals surface area contributed by atoms with Crippen LogP contribution in [0.3, 0.4) is 0 Å². The van der Waals surface area contributed by atoms with Gasteiger partial charge in [0.25, 0.3) is 5.91 Å². The lowest BCUT2D eigenvalue weighted by Gasteiger charge is -2.24. The summed E-state index contributed by atoms with van der Waals surface area (Å²) in [6.45, 7) is 0.428. The number of nitrogens with zero attached hydrogens (tertiary/aromatic N) is 1. The molecule has 0 saturated carbocycles. The van der Waals surface area contributed by atoms with Crippen LogP contribution in [0.1, 0.15) is 29.8 Å². The number of hydrogen-bond acceptors (Lipinski definition) is 4. The van der Waals surface area contributed by atoms with Crippen LogP contribution in [0.5, 0.6) is 0 Å². The first-order valence-electron chi connectivity index (χ1n) is 8.36. The summed E-state index contributed by atoms with van der Waals surface area (Å²) in [6.07, 6.45) is 1.04. The molecular weight excluding hydrogens is 338 g/mol. The molecule has 2 aromatic rings. The van der Waals surface area contributed by atoms with Gasteiger partial charge in [-0.05, 0) is 25.0 Å². The Bertz CT molecular complexity index is 826. The Hall–Kier alpha value is -3.16. The lowest BCUT2D eigenvalue weighted by Crippen LogP contribution is -2.49. The molecule has 1 aromatic carbocycles. The number of likely N-dealkylation sites (tertiary alicyclic amines) is 1. The van der Waals surface area contributed by atoms with Crippen molar-refractivity contribution in [1.29, 1.82) is 0 Å². The fourth-order valence-electron chi connectivity index (χ4n) is 3.23. The standard InChI is InChI=1S/C18H19N3O5/c22-10-12(9-16(23)24)19-17(25)15-6-3-7-21(15)18(26)14-8-11-4-1-2-5-13(11)20-14/h1-2,4-5,8,10,12,15,20H,3,6-7,9H2,(H,19,25)(H,23,24). The zero-order valence-electron chi connectivity index (χ0n) is 14.0. The molecule has 26 heavy (non-hydrogen) atoms. The predicted molar refractivity (Wildman–Crippen MR) is 92.6 cm³/mol. The highest BCUT2D eigenvalue weighted by Crippen LogP contribution is 2.22. The Morgan fingerprint density at radius 3 is 2.81 bits per heavy atom. The number of carbonyl (C=O) groups excluding carboxylic acids is 3. The van der Waals surface area contributed by atoms with Crippen LogP contribution in [0.4, 0.5) is 0 Å². The van der Waals surface area contributed by atoms with Crippen LogP contribution in [-0.2, 0) is 14.4 Å². The van der Waals surface area contributed by atoms with Crippen molar-refractivity contribution in [2.24, 2.45) is 0 Å². The van der Waals surface area contributed by atoms with Gasteiger partial charge in [0.2, 0.25) is 5.91 Å². The number of benzene rings is 1. The van der Waals surface area contributed by atoms with E-state index in [1.54, 1.807) is 6.07 Å². The van der Waals surface area contributed by atoms with E-state index in [4.69, 9.17) is 5.11 Å². The average Bonchev–Trinajstić information content (AvgIpc) is 3.26. The number of H-pyrrole nitrogens is 1. The van der Waals surface area contributed by atoms with Gasteiger partial charge in [-0.3, -0.25) is 14.4 Å². The number of hydrogen-bond donors (Lipinski definition) is 3. The minimum absolute atomic E-state index is 0.292. The van der Waals surface area contributed by atoms with Gasteiger partial charge in [0, 0.05) is 17.4 Å². The molecule has 1 fully saturated rings.